The van der Waals surface area contributed by atoms with Crippen LogP contribution in [0.5, 0.6) is 11.5 Å². The van der Waals surface area contributed by atoms with Crippen molar-refractivity contribution in [2.45, 2.75) is 31.8 Å². The Kier molecular flexibility index (Phi) is 6.04. The van der Waals surface area contributed by atoms with E-state index in [1.54, 1.807) is 7.11 Å². The van der Waals surface area contributed by atoms with Crippen LogP contribution in [0.4, 0.5) is 0 Å². The maximum absolute atomic E-state index is 10.9. The largest absolute Gasteiger partial charge is 0.493 e. The number of nitrogens with zero attached hydrogens (tertiary/aromatic N) is 1. The molecule has 6 nitrogen and oxygen atoms in total. The smallest absolute Gasteiger partial charge is 0.255 e. The second-order valence-corrected chi connectivity index (χ2v) is 7.28. The van der Waals surface area contributed by atoms with Gasteiger partial charge in [0.1, 0.15) is 0 Å². The molecule has 0 bridgehead atoms. The highest BCUT2D eigenvalue weighted by atomic mass is 35.5. The SMILES string of the molecule is COc1cc(CNCC2CCN(C3CC3)C2)cc(Cl)c1OCC(N)=O. The summed E-state index contributed by atoms with van der Waals surface area (Å²) in [6, 6.07) is 4.57. The normalized spacial score (nSPS) is 20.6. The molecule has 7 heteroatoms. The van der Waals surface area contributed by atoms with E-state index >= 15 is 0 Å². The molecule has 1 aromatic carbocycles. The molecule has 1 heterocycles. The molecular formula is C18H26ClN3O3. The molecule has 2 aliphatic rings. The molecule has 1 aromatic rings. The van der Waals surface area contributed by atoms with Gasteiger partial charge >= 0.3 is 0 Å². The lowest BCUT2D eigenvalue weighted by Gasteiger charge is -2.16. The zero-order valence-corrected chi connectivity index (χ0v) is 15.3. The summed E-state index contributed by atoms with van der Waals surface area (Å²) in [5.74, 6) is 1.02. The summed E-state index contributed by atoms with van der Waals surface area (Å²) in [5, 5.41) is 3.93. The summed E-state index contributed by atoms with van der Waals surface area (Å²) in [7, 11) is 1.55. The predicted molar refractivity (Wildman–Crippen MR) is 97.1 cm³/mol. The van der Waals surface area contributed by atoms with Crippen molar-refractivity contribution < 1.29 is 14.3 Å². The number of rotatable bonds is 9. The fourth-order valence-corrected chi connectivity index (χ4v) is 3.67. The molecular weight excluding hydrogens is 342 g/mol. The zero-order valence-electron chi connectivity index (χ0n) is 14.6. The fourth-order valence-electron chi connectivity index (χ4n) is 3.38. The molecule has 3 N–H and O–H groups in total. The van der Waals surface area contributed by atoms with Gasteiger partial charge in [0.2, 0.25) is 0 Å². The second-order valence-electron chi connectivity index (χ2n) is 6.88. The fraction of sp³-hybridized carbons (Fsp3) is 0.611. The molecule has 1 atom stereocenters. The van der Waals surface area contributed by atoms with Gasteiger partial charge in [0.25, 0.3) is 5.91 Å². The number of likely N-dealkylation sites (tertiary alicyclic amines) is 1. The molecule has 1 aliphatic heterocycles. The van der Waals surface area contributed by atoms with Gasteiger partial charge in [-0.05, 0) is 56.0 Å². The molecule has 3 rings (SSSR count). The average Bonchev–Trinajstić information content (AvgIpc) is 3.32. The summed E-state index contributed by atoms with van der Waals surface area (Å²) in [5.41, 5.74) is 6.13. The molecule has 1 saturated heterocycles. The first-order chi connectivity index (χ1) is 12.1. The van der Waals surface area contributed by atoms with E-state index in [0.717, 1.165) is 24.1 Å². The number of amides is 1. The van der Waals surface area contributed by atoms with Crippen LogP contribution in [0.25, 0.3) is 0 Å². The number of benzene rings is 1. The lowest BCUT2D eigenvalue weighted by atomic mass is 10.1. The van der Waals surface area contributed by atoms with Crippen LogP contribution < -0.4 is 20.5 Å². The Bertz CT molecular complexity index is 622. The van der Waals surface area contributed by atoms with Crippen molar-refractivity contribution >= 4 is 17.5 Å². The Morgan fingerprint density at radius 3 is 2.88 bits per heavy atom. The van der Waals surface area contributed by atoms with Crippen LogP contribution >= 0.6 is 11.6 Å². The van der Waals surface area contributed by atoms with E-state index in [2.05, 4.69) is 10.2 Å². The molecule has 0 radical (unpaired) electrons. The summed E-state index contributed by atoms with van der Waals surface area (Å²) in [4.78, 5) is 13.5. The minimum absolute atomic E-state index is 0.229. The predicted octanol–water partition coefficient (Wildman–Crippen LogP) is 1.79. The van der Waals surface area contributed by atoms with E-state index in [-0.39, 0.29) is 6.61 Å². The van der Waals surface area contributed by atoms with Crippen molar-refractivity contribution in [2.24, 2.45) is 11.7 Å². The Morgan fingerprint density at radius 2 is 2.20 bits per heavy atom. The summed E-state index contributed by atoms with van der Waals surface area (Å²) < 4.78 is 10.7. The summed E-state index contributed by atoms with van der Waals surface area (Å²) in [6.45, 7) is 3.94. The highest BCUT2D eigenvalue weighted by Crippen LogP contribution is 2.36. The number of primary amides is 1. The van der Waals surface area contributed by atoms with Crippen LogP contribution in [0.1, 0.15) is 24.8 Å². The zero-order chi connectivity index (χ0) is 17.8. The maximum Gasteiger partial charge on any atom is 0.255 e. The van der Waals surface area contributed by atoms with Gasteiger partial charge in [0.15, 0.2) is 18.1 Å². The minimum Gasteiger partial charge on any atom is -0.493 e. The quantitative estimate of drug-likeness (QED) is 0.695. The average molecular weight is 368 g/mol. The highest BCUT2D eigenvalue weighted by Gasteiger charge is 2.33. The topological polar surface area (TPSA) is 76.8 Å². The van der Waals surface area contributed by atoms with Crippen molar-refractivity contribution in [2.75, 3.05) is 33.4 Å². The van der Waals surface area contributed by atoms with Gasteiger partial charge in [-0.15, -0.1) is 0 Å². The molecule has 2 fully saturated rings. The number of carbonyl (C=O) groups excluding carboxylic acids is 1. The highest BCUT2D eigenvalue weighted by molar-refractivity contribution is 6.32. The van der Waals surface area contributed by atoms with E-state index < -0.39 is 5.91 Å². The summed E-state index contributed by atoms with van der Waals surface area (Å²) in [6.07, 6.45) is 4.03. The van der Waals surface area contributed by atoms with Crippen molar-refractivity contribution in [3.8, 4) is 11.5 Å². The van der Waals surface area contributed by atoms with Crippen LogP contribution in [0, 0.1) is 5.92 Å². The monoisotopic (exact) mass is 367 g/mol. The first kappa shape index (κ1) is 18.3. The van der Waals surface area contributed by atoms with Crippen LogP contribution in [-0.2, 0) is 11.3 Å². The van der Waals surface area contributed by atoms with Crippen molar-refractivity contribution in [1.29, 1.82) is 0 Å². The van der Waals surface area contributed by atoms with Crippen LogP contribution in [0.2, 0.25) is 5.02 Å². The number of nitrogens with one attached hydrogen (secondary N) is 1. The van der Waals surface area contributed by atoms with Gasteiger partial charge in [0, 0.05) is 19.1 Å². The van der Waals surface area contributed by atoms with Gasteiger partial charge in [-0.1, -0.05) is 11.6 Å². The first-order valence-corrected chi connectivity index (χ1v) is 9.17. The van der Waals surface area contributed by atoms with Gasteiger partial charge in [-0.2, -0.15) is 0 Å². The van der Waals surface area contributed by atoms with E-state index in [1.165, 1.54) is 32.4 Å². The maximum atomic E-state index is 10.9. The number of methoxy groups -OCH3 is 1. The number of ether oxygens (including phenoxy) is 2. The molecule has 1 saturated carbocycles. The number of nitrogens with two attached hydrogens (primary N) is 1. The van der Waals surface area contributed by atoms with Gasteiger partial charge < -0.3 is 25.4 Å². The number of carbonyl (C=O) groups is 1. The van der Waals surface area contributed by atoms with Gasteiger partial charge in [-0.25, -0.2) is 0 Å². The molecule has 25 heavy (non-hydrogen) atoms. The van der Waals surface area contributed by atoms with Crippen LogP contribution in [0.3, 0.4) is 0 Å². The third-order valence-corrected chi connectivity index (χ3v) is 5.07. The molecule has 1 unspecified atom stereocenters. The molecule has 0 spiro atoms. The molecule has 0 aromatic heterocycles. The van der Waals surface area contributed by atoms with Crippen molar-refractivity contribution in [1.82, 2.24) is 10.2 Å². The molecule has 1 aliphatic carbocycles. The summed E-state index contributed by atoms with van der Waals surface area (Å²) >= 11 is 6.27. The molecule has 1 amide bonds. The van der Waals surface area contributed by atoms with Crippen molar-refractivity contribution in [3.05, 3.63) is 22.7 Å². The third-order valence-electron chi connectivity index (χ3n) is 4.79. The van der Waals surface area contributed by atoms with Gasteiger partial charge in [0.05, 0.1) is 12.1 Å². The van der Waals surface area contributed by atoms with Gasteiger partial charge in [-0.3, -0.25) is 4.79 Å². The second kappa shape index (κ2) is 8.25. The lowest BCUT2D eigenvalue weighted by Crippen LogP contribution is -2.27. The Hall–Kier alpha value is -1.50. The van der Waals surface area contributed by atoms with E-state index in [1.807, 2.05) is 12.1 Å². The Morgan fingerprint density at radius 1 is 1.40 bits per heavy atom. The van der Waals surface area contributed by atoms with E-state index in [0.29, 0.717) is 23.1 Å². The van der Waals surface area contributed by atoms with Crippen LogP contribution in [0.15, 0.2) is 12.1 Å². The third kappa shape index (κ3) is 5.00. The number of hydrogen-bond acceptors (Lipinski definition) is 5. The number of halogens is 1. The van der Waals surface area contributed by atoms with Crippen molar-refractivity contribution in [3.63, 3.8) is 0 Å². The minimum atomic E-state index is -0.555. The van der Waals surface area contributed by atoms with E-state index in [9.17, 15) is 4.79 Å². The lowest BCUT2D eigenvalue weighted by molar-refractivity contribution is -0.119. The Labute approximate surface area is 153 Å². The Balaban J connectivity index is 1.51. The molecule has 138 valence electrons. The first-order valence-electron chi connectivity index (χ1n) is 8.79. The van der Waals surface area contributed by atoms with E-state index in [4.69, 9.17) is 26.8 Å². The van der Waals surface area contributed by atoms with Crippen LogP contribution in [-0.4, -0.2) is 50.2 Å². The standard InChI is InChI=1S/C18H26ClN3O3/c1-24-16-7-13(6-15(19)18(16)25-11-17(20)23)9-21-8-12-4-5-22(10-12)14-2-3-14/h6-7,12,14,21H,2-5,8-11H2,1H3,(H2,20,23). The number of hydrogen-bond donors (Lipinski definition) is 2.